The lowest BCUT2D eigenvalue weighted by Gasteiger charge is -2.07. The fraction of sp³-hybridized carbons (Fsp3) is 0.158. The highest BCUT2D eigenvalue weighted by Crippen LogP contribution is 2.27. The molecule has 3 rings (SSSR count). The van der Waals surface area contributed by atoms with E-state index in [2.05, 4.69) is 5.16 Å². The number of aromatic nitrogens is 1. The van der Waals surface area contributed by atoms with Gasteiger partial charge in [0.15, 0.2) is 5.76 Å². The standard InChI is InChI=1S/C19H16FNO4/c1-11-4-3-5-15(17(11)22)19(23)24-10-16-12(2)18(25-21-16)13-6-8-14(20)9-7-13/h3-9,22H,10H2,1-2H3. The van der Waals surface area contributed by atoms with E-state index in [9.17, 15) is 14.3 Å². The lowest BCUT2D eigenvalue weighted by atomic mass is 10.1. The second kappa shape index (κ2) is 6.76. The molecule has 0 spiro atoms. The SMILES string of the molecule is Cc1cccc(C(=O)OCc2noc(-c3ccc(F)cc3)c2C)c1O. The molecule has 2 aromatic carbocycles. The van der Waals surface area contributed by atoms with Crippen molar-refractivity contribution in [2.24, 2.45) is 0 Å². The first-order chi connectivity index (χ1) is 12.0. The van der Waals surface area contributed by atoms with E-state index in [-0.39, 0.29) is 23.7 Å². The van der Waals surface area contributed by atoms with Crippen molar-refractivity contribution in [3.63, 3.8) is 0 Å². The number of hydrogen-bond acceptors (Lipinski definition) is 5. The van der Waals surface area contributed by atoms with Crippen LogP contribution in [0.4, 0.5) is 4.39 Å². The van der Waals surface area contributed by atoms with Crippen LogP contribution < -0.4 is 0 Å². The van der Waals surface area contributed by atoms with Gasteiger partial charge in [0.25, 0.3) is 0 Å². The van der Waals surface area contributed by atoms with Gasteiger partial charge < -0.3 is 14.4 Å². The Morgan fingerprint density at radius 2 is 1.92 bits per heavy atom. The normalized spacial score (nSPS) is 10.7. The van der Waals surface area contributed by atoms with Crippen LogP contribution in [0.25, 0.3) is 11.3 Å². The Morgan fingerprint density at radius 3 is 2.64 bits per heavy atom. The number of aromatic hydroxyl groups is 1. The van der Waals surface area contributed by atoms with Crippen molar-refractivity contribution in [3.8, 4) is 17.1 Å². The van der Waals surface area contributed by atoms with Crippen LogP contribution in [0.2, 0.25) is 0 Å². The van der Waals surface area contributed by atoms with Crippen LogP contribution in [0.3, 0.4) is 0 Å². The second-order valence-electron chi connectivity index (χ2n) is 5.64. The predicted molar refractivity (Wildman–Crippen MR) is 88.6 cm³/mol. The molecular weight excluding hydrogens is 325 g/mol. The Balaban J connectivity index is 1.75. The minimum absolute atomic E-state index is 0.0945. The van der Waals surface area contributed by atoms with Crippen molar-refractivity contribution in [1.29, 1.82) is 0 Å². The van der Waals surface area contributed by atoms with Gasteiger partial charge in [0, 0.05) is 11.1 Å². The van der Waals surface area contributed by atoms with E-state index in [0.29, 0.717) is 28.1 Å². The molecule has 0 unspecified atom stereocenters. The van der Waals surface area contributed by atoms with E-state index in [1.807, 2.05) is 0 Å². The number of phenols is 1. The first-order valence-electron chi connectivity index (χ1n) is 7.64. The molecule has 0 radical (unpaired) electrons. The number of halogens is 1. The number of carbonyl (C=O) groups is 1. The van der Waals surface area contributed by atoms with E-state index in [0.717, 1.165) is 0 Å². The summed E-state index contributed by atoms with van der Waals surface area (Å²) in [7, 11) is 0. The van der Waals surface area contributed by atoms with Gasteiger partial charge in [0.05, 0.1) is 0 Å². The van der Waals surface area contributed by atoms with Gasteiger partial charge in [0.1, 0.15) is 29.4 Å². The lowest BCUT2D eigenvalue weighted by Crippen LogP contribution is -2.06. The van der Waals surface area contributed by atoms with Gasteiger partial charge in [0.2, 0.25) is 0 Å². The summed E-state index contributed by atoms with van der Waals surface area (Å²) in [5.41, 5.74) is 2.53. The smallest absolute Gasteiger partial charge is 0.342 e. The van der Waals surface area contributed by atoms with Gasteiger partial charge in [-0.1, -0.05) is 17.3 Å². The number of nitrogens with zero attached hydrogens (tertiary/aromatic N) is 1. The summed E-state index contributed by atoms with van der Waals surface area (Å²) >= 11 is 0. The van der Waals surface area contributed by atoms with Crippen molar-refractivity contribution in [2.75, 3.05) is 0 Å². The number of phenolic OH excluding ortho intramolecular Hbond substituents is 1. The van der Waals surface area contributed by atoms with Crippen LogP contribution in [-0.4, -0.2) is 16.2 Å². The number of carbonyl (C=O) groups excluding carboxylic acids is 1. The Bertz CT molecular complexity index is 916. The molecule has 0 aliphatic rings. The Labute approximate surface area is 143 Å². The summed E-state index contributed by atoms with van der Waals surface area (Å²) in [5.74, 6) is -0.596. The summed E-state index contributed by atoms with van der Waals surface area (Å²) in [6, 6.07) is 10.7. The van der Waals surface area contributed by atoms with E-state index < -0.39 is 5.97 Å². The van der Waals surface area contributed by atoms with Gasteiger partial charge in [-0.05, 0) is 49.7 Å². The minimum atomic E-state index is -0.646. The predicted octanol–water partition coefficient (Wildman–Crippen LogP) is 4.16. The number of benzene rings is 2. The third-order valence-electron chi connectivity index (χ3n) is 3.92. The maximum absolute atomic E-state index is 13.0. The number of rotatable bonds is 4. The molecule has 25 heavy (non-hydrogen) atoms. The largest absolute Gasteiger partial charge is 0.507 e. The number of para-hydroxylation sites is 1. The Kier molecular flexibility index (Phi) is 4.52. The van der Waals surface area contributed by atoms with E-state index in [1.54, 1.807) is 38.1 Å². The number of esters is 1. The van der Waals surface area contributed by atoms with E-state index in [4.69, 9.17) is 9.26 Å². The maximum Gasteiger partial charge on any atom is 0.342 e. The fourth-order valence-corrected chi connectivity index (χ4v) is 2.41. The van der Waals surface area contributed by atoms with Crippen molar-refractivity contribution in [2.45, 2.75) is 20.5 Å². The van der Waals surface area contributed by atoms with Crippen LogP contribution in [0, 0.1) is 19.7 Å². The molecule has 0 bridgehead atoms. The average molecular weight is 341 g/mol. The number of ether oxygens (including phenoxy) is 1. The molecule has 6 heteroatoms. The number of aryl methyl sites for hydroxylation is 1. The van der Waals surface area contributed by atoms with Gasteiger partial charge in [-0.2, -0.15) is 0 Å². The fourth-order valence-electron chi connectivity index (χ4n) is 2.41. The molecule has 1 heterocycles. The molecule has 128 valence electrons. The van der Waals surface area contributed by atoms with Crippen molar-refractivity contribution in [1.82, 2.24) is 5.16 Å². The molecule has 0 fully saturated rings. The second-order valence-corrected chi connectivity index (χ2v) is 5.64. The Hall–Kier alpha value is -3.15. The summed E-state index contributed by atoms with van der Waals surface area (Å²) in [6.07, 6.45) is 0. The quantitative estimate of drug-likeness (QED) is 0.721. The molecule has 3 aromatic rings. The average Bonchev–Trinajstić information content (AvgIpc) is 2.97. The molecule has 0 aliphatic heterocycles. The van der Waals surface area contributed by atoms with Crippen LogP contribution in [0.1, 0.15) is 27.2 Å². The van der Waals surface area contributed by atoms with Crippen molar-refractivity contribution >= 4 is 5.97 Å². The number of hydrogen-bond donors (Lipinski definition) is 1. The van der Waals surface area contributed by atoms with Crippen LogP contribution in [-0.2, 0) is 11.3 Å². The van der Waals surface area contributed by atoms with Crippen molar-refractivity contribution in [3.05, 3.63) is 70.7 Å². The highest BCUT2D eigenvalue weighted by atomic mass is 19.1. The topological polar surface area (TPSA) is 72.6 Å². The molecule has 1 aromatic heterocycles. The zero-order valence-electron chi connectivity index (χ0n) is 13.7. The van der Waals surface area contributed by atoms with Crippen LogP contribution in [0.15, 0.2) is 47.0 Å². The first-order valence-corrected chi connectivity index (χ1v) is 7.64. The molecule has 0 aliphatic carbocycles. The minimum Gasteiger partial charge on any atom is -0.507 e. The van der Waals surface area contributed by atoms with Crippen LogP contribution >= 0.6 is 0 Å². The summed E-state index contributed by atoms with van der Waals surface area (Å²) in [6.45, 7) is 3.38. The lowest BCUT2D eigenvalue weighted by molar-refractivity contribution is 0.0460. The first kappa shape index (κ1) is 16.7. The zero-order chi connectivity index (χ0) is 18.0. The van der Waals surface area contributed by atoms with Crippen LogP contribution in [0.5, 0.6) is 5.75 Å². The van der Waals surface area contributed by atoms with Crippen molar-refractivity contribution < 1.29 is 23.6 Å². The summed E-state index contributed by atoms with van der Waals surface area (Å²) in [5, 5.41) is 13.8. The summed E-state index contributed by atoms with van der Waals surface area (Å²) in [4.78, 5) is 12.1. The molecular formula is C19H16FNO4. The summed E-state index contributed by atoms with van der Waals surface area (Å²) < 4.78 is 23.5. The van der Waals surface area contributed by atoms with Gasteiger partial charge in [-0.15, -0.1) is 0 Å². The molecule has 0 amide bonds. The Morgan fingerprint density at radius 1 is 1.20 bits per heavy atom. The van der Waals surface area contributed by atoms with E-state index in [1.165, 1.54) is 18.2 Å². The monoisotopic (exact) mass is 341 g/mol. The molecule has 0 atom stereocenters. The van der Waals surface area contributed by atoms with Gasteiger partial charge in [-0.25, -0.2) is 9.18 Å². The molecule has 5 nitrogen and oxygen atoms in total. The van der Waals surface area contributed by atoms with Gasteiger partial charge in [-0.3, -0.25) is 0 Å². The van der Waals surface area contributed by atoms with Gasteiger partial charge >= 0.3 is 5.97 Å². The maximum atomic E-state index is 13.0. The third-order valence-corrected chi connectivity index (χ3v) is 3.92. The highest BCUT2D eigenvalue weighted by Gasteiger charge is 2.18. The highest BCUT2D eigenvalue weighted by molar-refractivity contribution is 5.92. The third kappa shape index (κ3) is 3.38. The molecule has 0 saturated carbocycles. The molecule has 0 saturated heterocycles. The van der Waals surface area contributed by atoms with E-state index >= 15 is 0 Å². The zero-order valence-corrected chi connectivity index (χ0v) is 13.7. The molecule has 1 N–H and O–H groups in total.